The molecule has 0 bridgehead atoms. The number of ether oxygens (including phenoxy) is 1. The van der Waals surface area contributed by atoms with E-state index in [1.165, 1.54) is 36.4 Å². The van der Waals surface area contributed by atoms with E-state index in [2.05, 4.69) is 10.0 Å². The van der Waals surface area contributed by atoms with Gasteiger partial charge in [-0.15, -0.1) is 0 Å². The number of hydrogen-bond donors (Lipinski definition) is 2. The van der Waals surface area contributed by atoms with E-state index in [0.717, 1.165) is 0 Å². The molecule has 8 heteroatoms. The third-order valence-electron chi connectivity index (χ3n) is 3.65. The van der Waals surface area contributed by atoms with Crippen molar-refractivity contribution in [1.82, 2.24) is 4.72 Å². The maximum absolute atomic E-state index is 13.5. The lowest BCUT2D eigenvalue weighted by Crippen LogP contribution is -2.27. The van der Waals surface area contributed by atoms with Gasteiger partial charge >= 0.3 is 0 Å². The first-order chi connectivity index (χ1) is 12.7. The molecule has 2 rings (SSSR count). The molecule has 1 amide bonds. The Morgan fingerprint density at radius 3 is 2.52 bits per heavy atom. The van der Waals surface area contributed by atoms with Crippen molar-refractivity contribution >= 4 is 21.6 Å². The third kappa shape index (κ3) is 6.04. The molecule has 0 saturated heterocycles. The Kier molecular flexibility index (Phi) is 6.92. The number of rotatable bonds is 8. The molecule has 146 valence electrons. The van der Waals surface area contributed by atoms with Gasteiger partial charge < -0.3 is 10.1 Å². The van der Waals surface area contributed by atoms with E-state index in [1.807, 2.05) is 13.8 Å². The van der Waals surface area contributed by atoms with Gasteiger partial charge in [-0.3, -0.25) is 4.79 Å². The first-order valence-corrected chi connectivity index (χ1v) is 9.95. The number of sulfonamides is 1. The minimum absolute atomic E-state index is 0.0699. The number of anilines is 1. The molecule has 0 atom stereocenters. The number of carbonyl (C=O) groups excluding carboxylic acids is 1. The highest BCUT2D eigenvalue weighted by atomic mass is 32.2. The first-order valence-electron chi connectivity index (χ1n) is 8.46. The number of amides is 1. The van der Waals surface area contributed by atoms with Crippen LogP contribution in [-0.2, 0) is 14.8 Å². The largest absolute Gasteiger partial charge is 0.483 e. The van der Waals surface area contributed by atoms with E-state index in [4.69, 9.17) is 4.74 Å². The molecule has 0 unspecified atom stereocenters. The van der Waals surface area contributed by atoms with Crippen molar-refractivity contribution in [3.8, 4) is 5.75 Å². The SMILES string of the molecule is Cc1cc(S(=O)(=O)NCC(C)C)ccc1OCC(=O)Nc1ccccc1F. The monoisotopic (exact) mass is 394 g/mol. The number of carbonyl (C=O) groups is 1. The summed E-state index contributed by atoms with van der Waals surface area (Å²) < 4.78 is 46.0. The molecule has 2 aromatic rings. The summed E-state index contributed by atoms with van der Waals surface area (Å²) >= 11 is 0. The van der Waals surface area contributed by atoms with Crippen LogP contribution in [0.4, 0.5) is 10.1 Å². The van der Waals surface area contributed by atoms with Gasteiger partial charge in [-0.25, -0.2) is 17.5 Å². The Hall–Kier alpha value is -2.45. The Morgan fingerprint density at radius 1 is 1.19 bits per heavy atom. The van der Waals surface area contributed by atoms with Crippen LogP contribution in [-0.4, -0.2) is 27.5 Å². The predicted molar refractivity (Wildman–Crippen MR) is 102 cm³/mol. The van der Waals surface area contributed by atoms with Crippen molar-refractivity contribution in [3.05, 3.63) is 53.8 Å². The van der Waals surface area contributed by atoms with Crippen molar-refractivity contribution in [2.24, 2.45) is 5.92 Å². The fraction of sp³-hybridized carbons (Fsp3) is 0.316. The zero-order chi connectivity index (χ0) is 20.0. The van der Waals surface area contributed by atoms with E-state index in [-0.39, 0.29) is 23.1 Å². The van der Waals surface area contributed by atoms with Gasteiger partial charge in [0.1, 0.15) is 11.6 Å². The minimum Gasteiger partial charge on any atom is -0.483 e. The summed E-state index contributed by atoms with van der Waals surface area (Å²) in [5, 5.41) is 2.42. The zero-order valence-electron chi connectivity index (χ0n) is 15.5. The van der Waals surface area contributed by atoms with Gasteiger partial charge in [0.25, 0.3) is 5.91 Å². The second-order valence-corrected chi connectivity index (χ2v) is 8.26. The van der Waals surface area contributed by atoms with Crippen LogP contribution in [0.1, 0.15) is 19.4 Å². The molecular formula is C19H23FN2O4S. The summed E-state index contributed by atoms with van der Waals surface area (Å²) in [4.78, 5) is 12.0. The summed E-state index contributed by atoms with van der Waals surface area (Å²) in [6, 6.07) is 10.2. The topological polar surface area (TPSA) is 84.5 Å². The molecule has 0 aliphatic heterocycles. The van der Waals surface area contributed by atoms with Crippen LogP contribution in [0.15, 0.2) is 47.4 Å². The molecule has 0 heterocycles. The molecule has 0 saturated carbocycles. The van der Waals surface area contributed by atoms with Crippen molar-refractivity contribution < 1.29 is 22.3 Å². The number of benzene rings is 2. The average molecular weight is 394 g/mol. The summed E-state index contributed by atoms with van der Waals surface area (Å²) in [5.41, 5.74) is 0.640. The molecule has 0 fully saturated rings. The zero-order valence-corrected chi connectivity index (χ0v) is 16.3. The van der Waals surface area contributed by atoms with Crippen LogP contribution < -0.4 is 14.8 Å². The molecule has 27 heavy (non-hydrogen) atoms. The van der Waals surface area contributed by atoms with Crippen molar-refractivity contribution in [1.29, 1.82) is 0 Å². The Labute approximate surface area is 158 Å². The fourth-order valence-corrected chi connectivity index (χ4v) is 3.50. The van der Waals surface area contributed by atoms with Gasteiger partial charge in [-0.05, 0) is 48.7 Å². The number of para-hydroxylation sites is 1. The van der Waals surface area contributed by atoms with Gasteiger partial charge in [0.05, 0.1) is 10.6 Å². The molecule has 0 spiro atoms. The first kappa shape index (κ1) is 20.9. The van der Waals surface area contributed by atoms with Gasteiger partial charge in [-0.2, -0.15) is 0 Å². The van der Waals surface area contributed by atoms with Crippen LogP contribution in [0, 0.1) is 18.7 Å². The van der Waals surface area contributed by atoms with Crippen LogP contribution in [0.5, 0.6) is 5.75 Å². The molecule has 2 aromatic carbocycles. The lowest BCUT2D eigenvalue weighted by atomic mass is 10.2. The summed E-state index contributed by atoms with van der Waals surface area (Å²) in [6.07, 6.45) is 0. The van der Waals surface area contributed by atoms with Crippen molar-refractivity contribution in [2.45, 2.75) is 25.7 Å². The lowest BCUT2D eigenvalue weighted by molar-refractivity contribution is -0.118. The quantitative estimate of drug-likeness (QED) is 0.721. The number of aryl methyl sites for hydroxylation is 1. The van der Waals surface area contributed by atoms with E-state index >= 15 is 0 Å². The van der Waals surface area contributed by atoms with Crippen LogP contribution >= 0.6 is 0 Å². The van der Waals surface area contributed by atoms with Gasteiger partial charge in [0.2, 0.25) is 10.0 Å². The second-order valence-electron chi connectivity index (χ2n) is 6.49. The highest BCUT2D eigenvalue weighted by Crippen LogP contribution is 2.22. The predicted octanol–water partition coefficient (Wildman–Crippen LogP) is 3.09. The number of nitrogens with one attached hydrogen (secondary N) is 2. The van der Waals surface area contributed by atoms with Crippen molar-refractivity contribution in [2.75, 3.05) is 18.5 Å². The molecule has 0 radical (unpaired) electrons. The molecule has 0 aliphatic carbocycles. The normalized spacial score (nSPS) is 11.4. The molecule has 6 nitrogen and oxygen atoms in total. The maximum Gasteiger partial charge on any atom is 0.262 e. The lowest BCUT2D eigenvalue weighted by Gasteiger charge is -2.13. The number of hydrogen-bond acceptors (Lipinski definition) is 4. The van der Waals surface area contributed by atoms with Crippen LogP contribution in [0.25, 0.3) is 0 Å². The Morgan fingerprint density at radius 2 is 1.89 bits per heavy atom. The molecule has 2 N–H and O–H groups in total. The van der Waals surface area contributed by atoms with Gasteiger partial charge in [-0.1, -0.05) is 26.0 Å². The highest BCUT2D eigenvalue weighted by Gasteiger charge is 2.16. The molecular weight excluding hydrogens is 371 g/mol. The summed E-state index contributed by atoms with van der Waals surface area (Å²) in [7, 11) is -3.60. The van der Waals surface area contributed by atoms with Crippen LogP contribution in [0.3, 0.4) is 0 Å². The van der Waals surface area contributed by atoms with E-state index < -0.39 is 21.7 Å². The van der Waals surface area contributed by atoms with E-state index in [0.29, 0.717) is 17.9 Å². The Bertz CT molecular complexity index is 914. The smallest absolute Gasteiger partial charge is 0.262 e. The van der Waals surface area contributed by atoms with E-state index in [1.54, 1.807) is 13.0 Å². The standard InChI is InChI=1S/C19H23FN2O4S/c1-13(2)11-21-27(24,25)15-8-9-18(14(3)10-15)26-12-19(23)22-17-7-5-4-6-16(17)20/h4-10,13,21H,11-12H2,1-3H3,(H,22,23). The van der Waals surface area contributed by atoms with Crippen LogP contribution in [0.2, 0.25) is 0 Å². The van der Waals surface area contributed by atoms with Gasteiger partial charge in [0, 0.05) is 6.54 Å². The molecule has 0 aromatic heterocycles. The highest BCUT2D eigenvalue weighted by molar-refractivity contribution is 7.89. The molecule has 0 aliphatic rings. The minimum atomic E-state index is -3.60. The Balaban J connectivity index is 2.00. The third-order valence-corrected chi connectivity index (χ3v) is 5.07. The fourth-order valence-electron chi connectivity index (χ4n) is 2.20. The second kappa shape index (κ2) is 8.96. The maximum atomic E-state index is 13.5. The van der Waals surface area contributed by atoms with Gasteiger partial charge in [0.15, 0.2) is 6.61 Å². The van der Waals surface area contributed by atoms with Crippen molar-refractivity contribution in [3.63, 3.8) is 0 Å². The summed E-state index contributed by atoms with van der Waals surface area (Å²) in [6.45, 7) is 5.53. The number of halogens is 1. The van der Waals surface area contributed by atoms with E-state index in [9.17, 15) is 17.6 Å². The average Bonchev–Trinajstić information content (AvgIpc) is 2.61. The summed E-state index contributed by atoms with van der Waals surface area (Å²) in [5.74, 6) is -0.488.